The molecule has 2 N–H and O–H groups in total. The van der Waals surface area contributed by atoms with Crippen molar-refractivity contribution in [1.29, 1.82) is 0 Å². The fraction of sp³-hybridized carbons (Fsp3) is 0.391. The number of aliphatic hydroxyl groups is 1. The summed E-state index contributed by atoms with van der Waals surface area (Å²) in [6, 6.07) is 16.1. The van der Waals surface area contributed by atoms with Crippen molar-refractivity contribution in [2.24, 2.45) is 0 Å². The number of benzene rings is 2. The van der Waals surface area contributed by atoms with Gasteiger partial charge in [-0.05, 0) is 41.8 Å². The molecule has 4 heteroatoms. The third kappa shape index (κ3) is 7.08. The Kier molecular flexibility index (Phi) is 8.37. The lowest BCUT2D eigenvalue weighted by Crippen LogP contribution is -3.09. The Balaban J connectivity index is 1.80. The monoisotopic (exact) mass is 370 g/mol. The molecule has 2 aromatic rings. The molecular formula is C23H32NO3+. The van der Waals surface area contributed by atoms with Gasteiger partial charge in [-0.1, -0.05) is 44.7 Å². The van der Waals surface area contributed by atoms with Crippen LogP contribution in [0.2, 0.25) is 0 Å². The minimum Gasteiger partial charge on any atom is -0.490 e. The van der Waals surface area contributed by atoms with E-state index in [9.17, 15) is 5.11 Å². The van der Waals surface area contributed by atoms with Crippen molar-refractivity contribution in [2.75, 3.05) is 26.8 Å². The normalized spacial score (nSPS) is 13.2. The van der Waals surface area contributed by atoms with Crippen molar-refractivity contribution < 1.29 is 19.5 Å². The summed E-state index contributed by atoms with van der Waals surface area (Å²) < 4.78 is 11.4. The number of likely N-dealkylation sites (N-methyl/N-ethyl adjacent to an activating group) is 1. The minimum atomic E-state index is -0.514. The molecule has 0 saturated heterocycles. The Bertz CT molecular complexity index is 697. The highest BCUT2D eigenvalue weighted by Gasteiger charge is 2.14. The summed E-state index contributed by atoms with van der Waals surface area (Å²) >= 11 is 0. The van der Waals surface area contributed by atoms with E-state index in [1.165, 1.54) is 16.0 Å². The van der Waals surface area contributed by atoms with Crippen LogP contribution in [0.5, 0.6) is 11.5 Å². The molecule has 0 aliphatic heterocycles. The van der Waals surface area contributed by atoms with Crippen LogP contribution in [0.4, 0.5) is 0 Å². The molecule has 2 aromatic carbocycles. The summed E-state index contributed by atoms with van der Waals surface area (Å²) in [6.45, 7) is 10.2. The zero-order valence-electron chi connectivity index (χ0n) is 16.7. The van der Waals surface area contributed by atoms with Crippen LogP contribution in [-0.2, 0) is 6.54 Å². The number of quaternary nitrogens is 1. The quantitative estimate of drug-likeness (QED) is 0.598. The largest absolute Gasteiger partial charge is 0.490 e. The Morgan fingerprint density at radius 1 is 1.07 bits per heavy atom. The average Bonchev–Trinajstić information content (AvgIpc) is 2.66. The first-order valence-corrected chi connectivity index (χ1v) is 9.53. The van der Waals surface area contributed by atoms with Gasteiger partial charge in [0.05, 0.1) is 7.05 Å². The highest BCUT2D eigenvalue weighted by atomic mass is 16.5. The van der Waals surface area contributed by atoms with Crippen LogP contribution in [0.25, 0.3) is 0 Å². The molecule has 1 unspecified atom stereocenters. The summed E-state index contributed by atoms with van der Waals surface area (Å²) in [5.74, 6) is 2.10. The summed E-state index contributed by atoms with van der Waals surface area (Å²) in [4.78, 5) is 1.23. The molecule has 0 aliphatic rings. The van der Waals surface area contributed by atoms with Gasteiger partial charge in [-0.25, -0.2) is 0 Å². The van der Waals surface area contributed by atoms with Gasteiger partial charge in [0.2, 0.25) is 0 Å². The van der Waals surface area contributed by atoms with Gasteiger partial charge in [-0.15, -0.1) is 0 Å². The second-order valence-electron chi connectivity index (χ2n) is 7.24. The molecule has 4 nitrogen and oxygen atoms in total. The van der Waals surface area contributed by atoms with Crippen molar-refractivity contribution in [3.05, 3.63) is 72.3 Å². The zero-order chi connectivity index (χ0) is 19.6. The Morgan fingerprint density at radius 2 is 1.78 bits per heavy atom. The lowest BCUT2D eigenvalue weighted by atomic mass is 10.0. The second kappa shape index (κ2) is 10.8. The lowest BCUT2D eigenvalue weighted by Gasteiger charge is -2.20. The molecular weight excluding hydrogens is 338 g/mol. The summed E-state index contributed by atoms with van der Waals surface area (Å²) in [6.07, 6.45) is 1.22. The molecule has 0 aliphatic carbocycles. The van der Waals surface area contributed by atoms with Crippen molar-refractivity contribution in [3.8, 4) is 11.5 Å². The van der Waals surface area contributed by atoms with Gasteiger partial charge in [0.25, 0.3) is 0 Å². The molecule has 146 valence electrons. The average molecular weight is 371 g/mol. The predicted molar refractivity (Wildman–Crippen MR) is 110 cm³/mol. The molecule has 0 amide bonds. The number of hydrogen-bond acceptors (Lipinski definition) is 3. The van der Waals surface area contributed by atoms with Crippen LogP contribution in [0, 0.1) is 0 Å². The Hall–Kier alpha value is -2.30. The highest BCUT2D eigenvalue weighted by Crippen LogP contribution is 2.25. The first kappa shape index (κ1) is 21.0. The van der Waals surface area contributed by atoms with Crippen molar-refractivity contribution in [2.45, 2.75) is 32.4 Å². The van der Waals surface area contributed by atoms with E-state index in [1.54, 1.807) is 6.08 Å². The molecule has 0 spiro atoms. The van der Waals surface area contributed by atoms with Crippen molar-refractivity contribution in [3.63, 3.8) is 0 Å². The first-order valence-electron chi connectivity index (χ1n) is 9.53. The summed E-state index contributed by atoms with van der Waals surface area (Å²) in [5.41, 5.74) is 2.38. The van der Waals surface area contributed by atoms with E-state index in [0.29, 0.717) is 25.7 Å². The van der Waals surface area contributed by atoms with Gasteiger partial charge in [0.1, 0.15) is 43.9 Å². The molecule has 0 radical (unpaired) electrons. The smallest absolute Gasteiger partial charge is 0.137 e. The Labute approximate surface area is 163 Å². The van der Waals surface area contributed by atoms with E-state index < -0.39 is 6.10 Å². The van der Waals surface area contributed by atoms with E-state index in [0.717, 1.165) is 18.0 Å². The van der Waals surface area contributed by atoms with Crippen LogP contribution in [0.15, 0.2) is 61.2 Å². The van der Waals surface area contributed by atoms with E-state index >= 15 is 0 Å². The molecule has 0 aromatic heterocycles. The summed E-state index contributed by atoms with van der Waals surface area (Å²) in [7, 11) is 2.08. The Morgan fingerprint density at radius 3 is 2.44 bits per heavy atom. The van der Waals surface area contributed by atoms with Crippen molar-refractivity contribution in [1.82, 2.24) is 0 Å². The van der Waals surface area contributed by atoms with Crippen LogP contribution >= 0.6 is 0 Å². The molecule has 27 heavy (non-hydrogen) atoms. The fourth-order valence-electron chi connectivity index (χ4n) is 3.02. The molecule has 0 saturated carbocycles. The van der Waals surface area contributed by atoms with Gasteiger partial charge in [0, 0.05) is 5.56 Å². The molecule has 2 atom stereocenters. The number of aliphatic hydroxyl groups excluding tert-OH is 1. The second-order valence-corrected chi connectivity index (χ2v) is 7.24. The maximum absolute atomic E-state index is 10.4. The molecule has 0 fully saturated rings. The topological polar surface area (TPSA) is 43.1 Å². The maximum atomic E-state index is 10.4. The van der Waals surface area contributed by atoms with E-state index in [2.05, 4.69) is 45.7 Å². The number of ether oxygens (including phenoxy) is 2. The zero-order valence-corrected chi connectivity index (χ0v) is 16.7. The number of rotatable bonds is 11. The van der Waals surface area contributed by atoms with Crippen LogP contribution in [-0.4, -0.2) is 38.0 Å². The third-order valence-electron chi connectivity index (χ3n) is 4.35. The lowest BCUT2D eigenvalue weighted by molar-refractivity contribution is -0.897. The third-order valence-corrected chi connectivity index (χ3v) is 4.35. The van der Waals surface area contributed by atoms with Gasteiger partial charge >= 0.3 is 0 Å². The van der Waals surface area contributed by atoms with E-state index in [-0.39, 0.29) is 0 Å². The van der Waals surface area contributed by atoms with Gasteiger partial charge in [-0.2, -0.15) is 0 Å². The molecule has 0 heterocycles. The minimum absolute atomic E-state index is 0.301. The fourth-order valence-corrected chi connectivity index (χ4v) is 3.02. The van der Waals surface area contributed by atoms with Crippen LogP contribution in [0.3, 0.4) is 0 Å². The molecule has 2 rings (SSSR count). The van der Waals surface area contributed by atoms with Crippen LogP contribution < -0.4 is 14.4 Å². The number of nitrogens with one attached hydrogen (secondary N) is 1. The van der Waals surface area contributed by atoms with Gasteiger partial charge in [-0.3, -0.25) is 0 Å². The SMILES string of the molecule is C=CCOc1ccc(C[NH+](C)C[C@H](O)COc2ccccc2C(C)C)cc1. The predicted octanol–water partition coefficient (Wildman–Crippen LogP) is 2.83. The standard InChI is InChI=1S/C23H31NO3/c1-5-14-26-21-12-10-19(11-13-21)15-24(4)16-20(25)17-27-23-9-7-6-8-22(23)18(2)3/h5-13,18,20,25H,1,14-17H2,2-4H3/p+1/t20-/m0/s1. The first-order chi connectivity index (χ1) is 13.0. The van der Waals surface area contributed by atoms with Crippen molar-refractivity contribution >= 4 is 0 Å². The van der Waals surface area contributed by atoms with Gasteiger partial charge < -0.3 is 19.5 Å². The van der Waals surface area contributed by atoms with Crippen LogP contribution in [0.1, 0.15) is 30.9 Å². The van der Waals surface area contributed by atoms with E-state index in [4.69, 9.17) is 9.47 Å². The number of para-hydroxylation sites is 1. The maximum Gasteiger partial charge on any atom is 0.137 e. The molecule has 0 bridgehead atoms. The van der Waals surface area contributed by atoms with Gasteiger partial charge in [0.15, 0.2) is 0 Å². The summed E-state index contributed by atoms with van der Waals surface area (Å²) in [5, 5.41) is 10.4. The highest BCUT2D eigenvalue weighted by molar-refractivity contribution is 5.35. The van der Waals surface area contributed by atoms with E-state index in [1.807, 2.05) is 30.3 Å². The number of hydrogen-bond donors (Lipinski definition) is 2.